The molecule has 0 heterocycles. The van der Waals surface area contributed by atoms with E-state index in [0.717, 1.165) is 6.07 Å². The summed E-state index contributed by atoms with van der Waals surface area (Å²) in [7, 11) is 1.25. The smallest absolute Gasteiger partial charge is 0.332 e. The Morgan fingerprint density at radius 1 is 1.29 bits per heavy atom. The Balaban J connectivity index is 2.31. The number of benzene rings is 2. The van der Waals surface area contributed by atoms with E-state index in [4.69, 9.17) is 16.3 Å². The molecule has 21 heavy (non-hydrogen) atoms. The number of methoxy groups -OCH3 is 1. The number of esters is 1. The highest BCUT2D eigenvalue weighted by Gasteiger charge is 2.22. The summed E-state index contributed by atoms with van der Waals surface area (Å²) in [4.78, 5) is 11.9. The zero-order chi connectivity index (χ0) is 15.4. The van der Waals surface area contributed by atoms with Gasteiger partial charge in [0, 0.05) is 10.7 Å². The summed E-state index contributed by atoms with van der Waals surface area (Å²) < 4.78 is 18.2. The number of aromatic hydroxyl groups is 1. The minimum Gasteiger partial charge on any atom is -0.505 e. The molecule has 6 heteroatoms. The van der Waals surface area contributed by atoms with Crippen molar-refractivity contribution >= 4 is 23.3 Å². The van der Waals surface area contributed by atoms with Crippen LogP contribution >= 0.6 is 11.6 Å². The van der Waals surface area contributed by atoms with E-state index in [-0.39, 0.29) is 0 Å². The number of halogens is 2. The molecular formula is C15H13ClFNO3. The van der Waals surface area contributed by atoms with E-state index in [1.54, 1.807) is 24.3 Å². The van der Waals surface area contributed by atoms with Crippen LogP contribution in [-0.4, -0.2) is 18.2 Å². The van der Waals surface area contributed by atoms with Crippen molar-refractivity contribution < 1.29 is 19.0 Å². The Morgan fingerprint density at radius 3 is 2.52 bits per heavy atom. The number of rotatable bonds is 4. The molecule has 2 rings (SSSR count). The molecule has 2 aromatic rings. The van der Waals surface area contributed by atoms with E-state index in [2.05, 4.69) is 5.32 Å². The molecule has 0 aromatic heterocycles. The van der Waals surface area contributed by atoms with Crippen LogP contribution in [0.15, 0.2) is 42.5 Å². The van der Waals surface area contributed by atoms with Crippen molar-refractivity contribution in [1.29, 1.82) is 0 Å². The van der Waals surface area contributed by atoms with E-state index in [1.165, 1.54) is 19.2 Å². The van der Waals surface area contributed by atoms with Crippen molar-refractivity contribution in [3.8, 4) is 5.75 Å². The highest BCUT2D eigenvalue weighted by molar-refractivity contribution is 6.30. The van der Waals surface area contributed by atoms with Gasteiger partial charge in [-0.25, -0.2) is 9.18 Å². The van der Waals surface area contributed by atoms with Crippen molar-refractivity contribution in [1.82, 2.24) is 0 Å². The molecule has 0 aliphatic heterocycles. The van der Waals surface area contributed by atoms with Crippen LogP contribution in [0.5, 0.6) is 5.75 Å². The first kappa shape index (κ1) is 15.1. The van der Waals surface area contributed by atoms with Crippen molar-refractivity contribution in [3.05, 3.63) is 58.9 Å². The zero-order valence-electron chi connectivity index (χ0n) is 11.1. The maximum Gasteiger partial charge on any atom is 0.332 e. The van der Waals surface area contributed by atoms with Gasteiger partial charge in [0.1, 0.15) is 0 Å². The van der Waals surface area contributed by atoms with E-state index < -0.39 is 23.6 Å². The Hall–Kier alpha value is -2.27. The van der Waals surface area contributed by atoms with E-state index in [0.29, 0.717) is 16.3 Å². The van der Waals surface area contributed by atoms with Crippen molar-refractivity contribution in [2.75, 3.05) is 12.4 Å². The van der Waals surface area contributed by atoms with Gasteiger partial charge in [0.2, 0.25) is 0 Å². The third-order valence-electron chi connectivity index (χ3n) is 2.90. The van der Waals surface area contributed by atoms with Crippen molar-refractivity contribution in [2.45, 2.75) is 6.04 Å². The quantitative estimate of drug-likeness (QED) is 0.849. The molecule has 0 fully saturated rings. The first-order valence-electron chi connectivity index (χ1n) is 6.09. The Morgan fingerprint density at radius 2 is 1.95 bits per heavy atom. The largest absolute Gasteiger partial charge is 0.505 e. The first-order chi connectivity index (χ1) is 10.0. The topological polar surface area (TPSA) is 58.6 Å². The monoisotopic (exact) mass is 309 g/mol. The van der Waals surface area contributed by atoms with Gasteiger partial charge in [0.25, 0.3) is 0 Å². The average molecular weight is 310 g/mol. The number of carbonyl (C=O) groups excluding carboxylic acids is 1. The molecule has 1 atom stereocenters. The second-order valence-electron chi connectivity index (χ2n) is 4.32. The van der Waals surface area contributed by atoms with Crippen molar-refractivity contribution in [2.24, 2.45) is 0 Å². The zero-order valence-corrected chi connectivity index (χ0v) is 11.9. The van der Waals surface area contributed by atoms with E-state index in [1.807, 2.05) is 0 Å². The van der Waals surface area contributed by atoms with Crippen LogP contribution in [0.3, 0.4) is 0 Å². The van der Waals surface area contributed by atoms with Gasteiger partial charge in [0.15, 0.2) is 17.6 Å². The molecule has 0 amide bonds. The fraction of sp³-hybridized carbons (Fsp3) is 0.133. The number of phenols is 1. The Bertz CT molecular complexity index is 646. The predicted octanol–water partition coefficient (Wildman–Crippen LogP) is 3.51. The van der Waals surface area contributed by atoms with Crippen LogP contribution < -0.4 is 5.32 Å². The summed E-state index contributed by atoms with van der Waals surface area (Å²) in [5.74, 6) is -1.86. The molecule has 2 N–H and O–H groups in total. The molecular weight excluding hydrogens is 297 g/mol. The number of phenolic OH excluding ortho intramolecular Hbond substituents is 1. The normalized spacial score (nSPS) is 11.8. The van der Waals surface area contributed by atoms with Crippen LogP contribution in [-0.2, 0) is 9.53 Å². The lowest BCUT2D eigenvalue weighted by Crippen LogP contribution is -2.22. The molecule has 0 saturated carbocycles. The Kier molecular flexibility index (Phi) is 4.65. The standard InChI is InChI=1S/C15H13ClFNO3/c1-21-15(20)14(9-2-7-13(19)12(17)8-9)18-11-5-3-10(16)4-6-11/h2-8,14,18-19H,1H3. The van der Waals surface area contributed by atoms with Gasteiger partial charge in [-0.3, -0.25) is 0 Å². The minimum atomic E-state index is -0.897. The lowest BCUT2D eigenvalue weighted by Gasteiger charge is -2.18. The fourth-order valence-corrected chi connectivity index (χ4v) is 1.94. The molecule has 0 saturated heterocycles. The molecule has 0 spiro atoms. The van der Waals surface area contributed by atoms with Gasteiger partial charge < -0.3 is 15.2 Å². The average Bonchev–Trinajstić information content (AvgIpc) is 2.49. The maximum absolute atomic E-state index is 13.5. The number of hydrogen-bond acceptors (Lipinski definition) is 4. The maximum atomic E-state index is 13.5. The number of hydrogen-bond donors (Lipinski definition) is 2. The van der Waals surface area contributed by atoms with Gasteiger partial charge in [-0.05, 0) is 42.0 Å². The summed E-state index contributed by atoms with van der Waals surface area (Å²) >= 11 is 5.80. The molecule has 0 aliphatic carbocycles. The van der Waals surface area contributed by atoms with Crippen LogP contribution in [0.25, 0.3) is 0 Å². The second kappa shape index (κ2) is 6.45. The molecule has 4 nitrogen and oxygen atoms in total. The molecule has 110 valence electrons. The van der Waals surface area contributed by atoms with Crippen LogP contribution in [0.2, 0.25) is 5.02 Å². The molecule has 0 aliphatic rings. The first-order valence-corrected chi connectivity index (χ1v) is 6.47. The highest BCUT2D eigenvalue weighted by Crippen LogP contribution is 2.25. The molecule has 2 aromatic carbocycles. The fourth-order valence-electron chi connectivity index (χ4n) is 1.81. The summed E-state index contributed by atoms with van der Waals surface area (Å²) in [6.45, 7) is 0. The van der Waals surface area contributed by atoms with Gasteiger partial charge in [-0.2, -0.15) is 0 Å². The highest BCUT2D eigenvalue weighted by atomic mass is 35.5. The van der Waals surface area contributed by atoms with E-state index in [9.17, 15) is 14.3 Å². The number of nitrogens with one attached hydrogen (secondary N) is 1. The summed E-state index contributed by atoms with van der Waals surface area (Å²) in [6, 6.07) is 9.52. The number of ether oxygens (including phenoxy) is 1. The summed E-state index contributed by atoms with van der Waals surface area (Å²) in [6.07, 6.45) is 0. The van der Waals surface area contributed by atoms with Crippen LogP contribution in [0.1, 0.15) is 11.6 Å². The lowest BCUT2D eigenvalue weighted by molar-refractivity contribution is -0.141. The van der Waals surface area contributed by atoms with Crippen LogP contribution in [0.4, 0.5) is 10.1 Å². The third-order valence-corrected chi connectivity index (χ3v) is 3.15. The van der Waals surface area contributed by atoms with Crippen LogP contribution in [0, 0.1) is 5.82 Å². The van der Waals surface area contributed by atoms with Gasteiger partial charge in [0.05, 0.1) is 7.11 Å². The third kappa shape index (κ3) is 3.64. The summed E-state index contributed by atoms with van der Waals surface area (Å²) in [5, 5.41) is 12.7. The van der Waals surface area contributed by atoms with Crippen molar-refractivity contribution in [3.63, 3.8) is 0 Å². The SMILES string of the molecule is COC(=O)C(Nc1ccc(Cl)cc1)c1ccc(O)c(F)c1. The van der Waals surface area contributed by atoms with Gasteiger partial charge in [-0.15, -0.1) is 0 Å². The molecule has 1 unspecified atom stereocenters. The van der Waals surface area contributed by atoms with Gasteiger partial charge >= 0.3 is 5.97 Å². The number of carbonyl (C=O) groups is 1. The summed E-state index contributed by atoms with van der Waals surface area (Å²) in [5.41, 5.74) is 0.968. The molecule has 0 radical (unpaired) electrons. The van der Waals surface area contributed by atoms with Gasteiger partial charge in [-0.1, -0.05) is 17.7 Å². The Labute approximate surface area is 126 Å². The van der Waals surface area contributed by atoms with E-state index >= 15 is 0 Å². The second-order valence-corrected chi connectivity index (χ2v) is 4.75. The molecule has 0 bridgehead atoms. The minimum absolute atomic E-state index is 0.340. The number of anilines is 1. The lowest BCUT2D eigenvalue weighted by atomic mass is 10.1. The predicted molar refractivity (Wildman–Crippen MR) is 77.9 cm³/mol.